The first kappa shape index (κ1) is 58.3. The summed E-state index contributed by atoms with van der Waals surface area (Å²) >= 11 is 0. The van der Waals surface area contributed by atoms with Crippen LogP contribution < -0.4 is 5.32 Å². The summed E-state index contributed by atoms with van der Waals surface area (Å²) in [6.07, 6.45) is 67.0. The summed E-state index contributed by atoms with van der Waals surface area (Å²) in [5.41, 5.74) is 0. The number of ether oxygens (including phenoxy) is 1. The lowest BCUT2D eigenvalue weighted by Gasteiger charge is -2.24. The monoisotopic (exact) mass is 858 g/mol. The Labute approximate surface area is 380 Å². The van der Waals surface area contributed by atoms with Crippen molar-refractivity contribution >= 4 is 11.9 Å². The minimum atomic E-state index is -0.821. The van der Waals surface area contributed by atoms with Crippen molar-refractivity contribution in [3.63, 3.8) is 0 Å². The van der Waals surface area contributed by atoms with Crippen LogP contribution in [0, 0.1) is 0 Å². The number of rotatable bonds is 42. The van der Waals surface area contributed by atoms with E-state index in [0.29, 0.717) is 19.3 Å². The Morgan fingerprint density at radius 2 is 0.871 bits per heavy atom. The molecule has 0 aromatic heterocycles. The molecule has 350 valence electrons. The highest BCUT2D eigenvalue weighted by Crippen LogP contribution is 2.15. The number of unbranched alkanes of at least 4 members (excludes halogenated alkanes) is 10. The SMILES string of the molecule is CC/C=C\C/C=C\C/C=C\C/C=C\C/C=C\C/C=C\CCC(=O)OC(CCC/C=C/C/C=C/C/C=C/C/C=C/CC)CC(=O)NC(CO)C(O)CCCCCCCCCCCC. The van der Waals surface area contributed by atoms with E-state index in [1.54, 1.807) is 0 Å². The fourth-order valence-electron chi connectivity index (χ4n) is 6.63. The topological polar surface area (TPSA) is 95.9 Å². The Balaban J connectivity index is 4.82. The molecule has 3 N–H and O–H groups in total. The van der Waals surface area contributed by atoms with Crippen LogP contribution in [0.15, 0.2) is 122 Å². The number of aliphatic hydroxyl groups excluding tert-OH is 2. The summed E-state index contributed by atoms with van der Waals surface area (Å²) in [6, 6.07) is -0.741. The average Bonchev–Trinajstić information content (AvgIpc) is 3.26. The van der Waals surface area contributed by atoms with E-state index in [4.69, 9.17) is 4.74 Å². The zero-order valence-electron chi connectivity index (χ0n) is 39.7. The van der Waals surface area contributed by atoms with E-state index in [1.807, 2.05) is 6.08 Å². The number of amides is 1. The average molecular weight is 858 g/mol. The van der Waals surface area contributed by atoms with E-state index < -0.39 is 18.2 Å². The molecule has 0 aliphatic carbocycles. The van der Waals surface area contributed by atoms with Crippen molar-refractivity contribution in [3.05, 3.63) is 122 Å². The fourth-order valence-corrected chi connectivity index (χ4v) is 6.63. The van der Waals surface area contributed by atoms with Gasteiger partial charge in [0.15, 0.2) is 0 Å². The van der Waals surface area contributed by atoms with Crippen molar-refractivity contribution in [2.75, 3.05) is 6.61 Å². The first-order valence-corrected chi connectivity index (χ1v) is 24.8. The van der Waals surface area contributed by atoms with Crippen molar-refractivity contribution in [2.24, 2.45) is 0 Å². The lowest BCUT2D eigenvalue weighted by atomic mass is 10.0. The summed E-state index contributed by atoms with van der Waals surface area (Å²) in [7, 11) is 0. The molecule has 0 saturated carbocycles. The third-order valence-corrected chi connectivity index (χ3v) is 10.3. The molecule has 0 radical (unpaired) electrons. The highest BCUT2D eigenvalue weighted by molar-refractivity contribution is 5.77. The lowest BCUT2D eigenvalue weighted by Crippen LogP contribution is -2.46. The first-order chi connectivity index (χ1) is 30.5. The Morgan fingerprint density at radius 3 is 1.29 bits per heavy atom. The van der Waals surface area contributed by atoms with Gasteiger partial charge in [0.05, 0.1) is 25.2 Å². The van der Waals surface area contributed by atoms with E-state index in [0.717, 1.165) is 96.3 Å². The van der Waals surface area contributed by atoms with Crippen LogP contribution in [0.2, 0.25) is 0 Å². The molecule has 3 atom stereocenters. The van der Waals surface area contributed by atoms with Gasteiger partial charge < -0.3 is 20.3 Å². The van der Waals surface area contributed by atoms with Crippen LogP contribution in [0.4, 0.5) is 0 Å². The number of hydrogen-bond acceptors (Lipinski definition) is 5. The van der Waals surface area contributed by atoms with Gasteiger partial charge in [-0.25, -0.2) is 0 Å². The number of hydrogen-bond donors (Lipinski definition) is 3. The van der Waals surface area contributed by atoms with Gasteiger partial charge in [0.2, 0.25) is 5.91 Å². The minimum absolute atomic E-state index is 0.00132. The summed E-state index contributed by atoms with van der Waals surface area (Å²) in [5.74, 6) is -0.643. The molecule has 3 unspecified atom stereocenters. The number of aliphatic hydroxyl groups is 2. The Kier molecular flexibility index (Phi) is 45.4. The van der Waals surface area contributed by atoms with Gasteiger partial charge in [0, 0.05) is 6.42 Å². The largest absolute Gasteiger partial charge is 0.462 e. The van der Waals surface area contributed by atoms with Crippen LogP contribution in [0.1, 0.15) is 194 Å². The number of esters is 1. The molecular formula is C56H91NO5. The molecule has 6 nitrogen and oxygen atoms in total. The molecule has 0 saturated heterocycles. The van der Waals surface area contributed by atoms with Crippen molar-refractivity contribution in [2.45, 2.75) is 212 Å². The van der Waals surface area contributed by atoms with Crippen LogP contribution in [0.5, 0.6) is 0 Å². The summed E-state index contributed by atoms with van der Waals surface area (Å²) in [6.45, 7) is 6.19. The van der Waals surface area contributed by atoms with Crippen LogP contribution in [0.25, 0.3) is 0 Å². The maximum atomic E-state index is 13.2. The highest BCUT2D eigenvalue weighted by atomic mass is 16.5. The zero-order chi connectivity index (χ0) is 45.2. The molecule has 0 bridgehead atoms. The van der Waals surface area contributed by atoms with E-state index in [-0.39, 0.29) is 31.3 Å². The van der Waals surface area contributed by atoms with E-state index in [1.165, 1.54) is 44.9 Å². The Hall–Kier alpha value is -3.74. The third kappa shape index (κ3) is 42.9. The van der Waals surface area contributed by atoms with Crippen LogP contribution in [0.3, 0.4) is 0 Å². The van der Waals surface area contributed by atoms with Crippen molar-refractivity contribution in [1.82, 2.24) is 5.32 Å². The maximum Gasteiger partial charge on any atom is 0.306 e. The molecule has 0 rings (SSSR count). The van der Waals surface area contributed by atoms with Gasteiger partial charge in [-0.05, 0) is 96.3 Å². The molecule has 6 heteroatoms. The normalized spacial score (nSPS) is 14.3. The molecule has 0 aliphatic rings. The quantitative estimate of drug-likeness (QED) is 0.0323. The van der Waals surface area contributed by atoms with Crippen LogP contribution in [-0.2, 0) is 14.3 Å². The maximum absolute atomic E-state index is 13.2. The van der Waals surface area contributed by atoms with Crippen molar-refractivity contribution < 1.29 is 24.5 Å². The summed E-state index contributed by atoms with van der Waals surface area (Å²) in [4.78, 5) is 26.1. The van der Waals surface area contributed by atoms with Gasteiger partial charge in [-0.15, -0.1) is 0 Å². The predicted molar refractivity (Wildman–Crippen MR) is 268 cm³/mol. The molecule has 0 heterocycles. The van der Waals surface area contributed by atoms with E-state index in [9.17, 15) is 19.8 Å². The molecule has 0 aromatic rings. The molecule has 0 aromatic carbocycles. The fraction of sp³-hybridized carbons (Fsp3) is 0.607. The predicted octanol–water partition coefficient (Wildman–Crippen LogP) is 14.9. The number of carbonyl (C=O) groups is 2. The third-order valence-electron chi connectivity index (χ3n) is 10.3. The van der Waals surface area contributed by atoms with Crippen molar-refractivity contribution in [3.8, 4) is 0 Å². The number of allylic oxidation sites excluding steroid dienone is 20. The Morgan fingerprint density at radius 1 is 0.484 bits per heavy atom. The van der Waals surface area contributed by atoms with Gasteiger partial charge >= 0.3 is 5.97 Å². The van der Waals surface area contributed by atoms with E-state index >= 15 is 0 Å². The van der Waals surface area contributed by atoms with Gasteiger partial charge in [-0.1, -0.05) is 206 Å². The second-order valence-corrected chi connectivity index (χ2v) is 16.1. The molecule has 0 spiro atoms. The smallest absolute Gasteiger partial charge is 0.306 e. The minimum Gasteiger partial charge on any atom is -0.462 e. The summed E-state index contributed by atoms with van der Waals surface area (Å²) < 4.78 is 5.85. The second-order valence-electron chi connectivity index (χ2n) is 16.1. The lowest BCUT2D eigenvalue weighted by molar-refractivity contribution is -0.150. The summed E-state index contributed by atoms with van der Waals surface area (Å²) in [5, 5.41) is 23.6. The highest BCUT2D eigenvalue weighted by Gasteiger charge is 2.23. The second kappa shape index (κ2) is 48.3. The number of nitrogens with one attached hydrogen (secondary N) is 1. The van der Waals surface area contributed by atoms with Gasteiger partial charge in [-0.3, -0.25) is 9.59 Å². The Bertz CT molecular complexity index is 1330. The van der Waals surface area contributed by atoms with Crippen molar-refractivity contribution in [1.29, 1.82) is 0 Å². The van der Waals surface area contributed by atoms with Crippen LogP contribution >= 0.6 is 0 Å². The van der Waals surface area contributed by atoms with Gasteiger partial charge in [0.25, 0.3) is 0 Å². The molecule has 0 aliphatic heterocycles. The molecular weight excluding hydrogens is 767 g/mol. The van der Waals surface area contributed by atoms with Crippen LogP contribution in [-0.4, -0.2) is 46.9 Å². The first-order valence-electron chi connectivity index (χ1n) is 24.8. The van der Waals surface area contributed by atoms with Gasteiger partial charge in [0.1, 0.15) is 6.10 Å². The molecule has 62 heavy (non-hydrogen) atoms. The zero-order valence-corrected chi connectivity index (χ0v) is 39.7. The molecule has 1 amide bonds. The standard InChI is InChI=1S/C56H91NO5/c1-4-7-10-13-16-19-22-24-26-27-28-29-30-32-34-37-40-43-46-49-56(61)62-52(47-44-41-38-35-33-31-25-23-20-17-14-11-8-5-2)50-55(60)57-53(51-58)54(59)48-45-42-39-36-21-18-15-12-9-6-3/h7-8,10-11,16-17,19-20,24-26,28-29,31-32,34-35,38,40,43,52-54,58-59H,4-6,9,12-15,18,21-23,27,30,33,36-37,39,41-42,44-51H2,1-3H3,(H,57,60)/b10-7-,11-8+,19-16-,20-17+,26-24-,29-28-,31-25+,34-32-,38-35+,43-40-. The number of carbonyl (C=O) groups excluding carboxylic acids is 2. The van der Waals surface area contributed by atoms with Gasteiger partial charge in [-0.2, -0.15) is 0 Å². The molecule has 0 fully saturated rings. The van der Waals surface area contributed by atoms with E-state index in [2.05, 4.69) is 142 Å².